The minimum Gasteiger partial charge on any atom is -0.497 e. The third-order valence-electron chi connectivity index (χ3n) is 7.77. The number of ether oxygens (including phenoxy) is 2. The van der Waals surface area contributed by atoms with Crippen LogP contribution in [0, 0.1) is 11.8 Å². The number of carbonyl (C=O) groups excluding carboxylic acids is 5. The molecule has 0 aliphatic carbocycles. The lowest BCUT2D eigenvalue weighted by Gasteiger charge is -2.26. The van der Waals surface area contributed by atoms with Crippen LogP contribution in [0.3, 0.4) is 0 Å². The number of carbonyl (C=O) groups is 6. The van der Waals surface area contributed by atoms with Crippen LogP contribution in [0.4, 0.5) is 13.2 Å². The molecule has 0 aliphatic heterocycles. The van der Waals surface area contributed by atoms with Gasteiger partial charge in [0.15, 0.2) is 12.4 Å². The van der Waals surface area contributed by atoms with Crippen LogP contribution < -0.4 is 25.4 Å². The molecule has 0 unspecified atom stereocenters. The number of amides is 3. The smallest absolute Gasteiger partial charge is 0.450 e. The number of rotatable bonds is 18. The Kier molecular flexibility index (Phi) is 14.7. The topological polar surface area (TPSA) is 177 Å². The minimum atomic E-state index is -5.18. The second-order valence-corrected chi connectivity index (χ2v) is 12.4. The Bertz CT molecular complexity index is 1750. The molecule has 0 radical (unpaired) electrons. The van der Waals surface area contributed by atoms with E-state index >= 15 is 0 Å². The summed E-state index contributed by atoms with van der Waals surface area (Å²) in [6, 6.07) is 14.9. The Morgan fingerprint density at radius 3 is 2.08 bits per heavy atom. The molecule has 3 amide bonds. The van der Waals surface area contributed by atoms with E-state index in [2.05, 4.69) is 16.0 Å². The number of alkyl halides is 3. The summed E-state index contributed by atoms with van der Waals surface area (Å²) >= 11 is 6.15. The van der Waals surface area contributed by atoms with Gasteiger partial charge in [-0.3, -0.25) is 28.8 Å². The van der Waals surface area contributed by atoms with Gasteiger partial charge in [-0.05, 0) is 65.6 Å². The molecular formula is C36H37ClF3N3O9. The minimum absolute atomic E-state index is 0.0693. The molecule has 0 heterocycles. The first-order valence-corrected chi connectivity index (χ1v) is 16.2. The van der Waals surface area contributed by atoms with Gasteiger partial charge in [0.1, 0.15) is 30.1 Å². The van der Waals surface area contributed by atoms with Crippen LogP contribution in [0.15, 0.2) is 72.8 Å². The summed E-state index contributed by atoms with van der Waals surface area (Å²) in [5, 5.41) is 16.3. The van der Waals surface area contributed by atoms with Crippen molar-refractivity contribution < 1.29 is 56.5 Å². The number of benzene rings is 3. The van der Waals surface area contributed by atoms with Crippen molar-refractivity contribution in [2.75, 3.05) is 20.3 Å². The van der Waals surface area contributed by atoms with Crippen molar-refractivity contribution in [2.24, 2.45) is 11.8 Å². The van der Waals surface area contributed by atoms with Crippen LogP contribution in [0.25, 0.3) is 0 Å². The highest BCUT2D eigenvalue weighted by Gasteiger charge is 2.45. The van der Waals surface area contributed by atoms with Crippen LogP contribution in [0.2, 0.25) is 5.02 Å². The molecule has 4 N–H and O–H groups in total. The number of carboxylic acids is 1. The lowest BCUT2D eigenvalue weighted by molar-refractivity contribution is -0.177. The Morgan fingerprint density at radius 1 is 0.885 bits per heavy atom. The van der Waals surface area contributed by atoms with E-state index in [1.807, 2.05) is 0 Å². The summed E-state index contributed by atoms with van der Waals surface area (Å²) in [6.07, 6.45) is -6.12. The first kappa shape index (κ1) is 41.0. The number of carboxylic acid groups (broad SMARTS) is 1. The molecule has 3 aromatic rings. The van der Waals surface area contributed by atoms with Gasteiger partial charge in [0, 0.05) is 29.3 Å². The van der Waals surface area contributed by atoms with E-state index in [1.165, 1.54) is 69.5 Å². The Hall–Kier alpha value is -5.44. The maximum Gasteiger partial charge on any atom is 0.450 e. The SMILES string of the molecule is COc1ccc([C@H](NC(=O)[C@H](Cc2cccc(Cl)c2)NC(=O)c2ccc(OCC(=O)NCC(=O)O)cc2)C(=O)C[C@H](C(=O)C(F)(F)F)C(C)C)cc1. The highest BCUT2D eigenvalue weighted by Crippen LogP contribution is 2.30. The molecule has 3 rings (SSSR count). The fourth-order valence-corrected chi connectivity index (χ4v) is 5.20. The van der Waals surface area contributed by atoms with Gasteiger partial charge in [0.05, 0.1) is 7.11 Å². The molecule has 0 aromatic heterocycles. The van der Waals surface area contributed by atoms with Gasteiger partial charge in [0.25, 0.3) is 11.8 Å². The van der Waals surface area contributed by atoms with E-state index in [0.29, 0.717) is 16.3 Å². The number of aliphatic carboxylic acids is 1. The van der Waals surface area contributed by atoms with Gasteiger partial charge in [-0.2, -0.15) is 13.2 Å². The molecule has 3 aromatic carbocycles. The highest BCUT2D eigenvalue weighted by molar-refractivity contribution is 6.30. The molecule has 12 nitrogen and oxygen atoms in total. The van der Waals surface area contributed by atoms with Gasteiger partial charge in [-0.15, -0.1) is 0 Å². The number of hydrogen-bond donors (Lipinski definition) is 4. The van der Waals surface area contributed by atoms with E-state index in [-0.39, 0.29) is 23.3 Å². The molecule has 0 aliphatic rings. The summed E-state index contributed by atoms with van der Waals surface area (Å²) in [6.45, 7) is 1.70. The zero-order valence-electron chi connectivity index (χ0n) is 28.3. The van der Waals surface area contributed by atoms with Crippen molar-refractivity contribution in [1.82, 2.24) is 16.0 Å². The standard InChI is InChI=1S/C36H37ClF3N3O9/c1-20(2)27(33(48)36(38,39)40)17-29(44)32(22-7-11-25(51-3)12-8-22)43-35(50)28(16-21-5-4-6-24(37)15-21)42-34(49)23-9-13-26(14-10-23)52-19-30(45)41-18-31(46)47/h4-15,20,27-28,32H,16-19H2,1-3H3,(H,41,45)(H,42,49)(H,43,50)(H,46,47)/t27-,28-,32-/m0/s1. The summed E-state index contributed by atoms with van der Waals surface area (Å²) in [4.78, 5) is 75.7. The summed E-state index contributed by atoms with van der Waals surface area (Å²) in [7, 11) is 1.41. The van der Waals surface area contributed by atoms with Gasteiger partial charge < -0.3 is 30.5 Å². The third-order valence-corrected chi connectivity index (χ3v) is 8.01. The van der Waals surface area contributed by atoms with Crippen molar-refractivity contribution in [2.45, 2.75) is 44.9 Å². The predicted molar refractivity (Wildman–Crippen MR) is 182 cm³/mol. The second-order valence-electron chi connectivity index (χ2n) is 11.9. The van der Waals surface area contributed by atoms with E-state index in [1.54, 1.807) is 24.3 Å². The number of methoxy groups -OCH3 is 1. The first-order chi connectivity index (χ1) is 24.5. The van der Waals surface area contributed by atoms with E-state index in [4.69, 9.17) is 26.2 Å². The van der Waals surface area contributed by atoms with Crippen LogP contribution >= 0.6 is 11.6 Å². The maximum absolute atomic E-state index is 13.9. The van der Waals surface area contributed by atoms with Crippen molar-refractivity contribution in [3.05, 3.63) is 94.5 Å². The van der Waals surface area contributed by atoms with Gasteiger partial charge in [0.2, 0.25) is 11.7 Å². The zero-order chi connectivity index (χ0) is 38.6. The second kappa shape index (κ2) is 18.7. The van der Waals surface area contributed by atoms with Crippen LogP contribution in [0.1, 0.15) is 47.8 Å². The molecule has 3 atom stereocenters. The van der Waals surface area contributed by atoms with E-state index in [9.17, 15) is 41.9 Å². The van der Waals surface area contributed by atoms with E-state index < -0.39 is 84.9 Å². The van der Waals surface area contributed by atoms with Gasteiger partial charge >= 0.3 is 12.1 Å². The van der Waals surface area contributed by atoms with Crippen molar-refractivity contribution in [3.63, 3.8) is 0 Å². The maximum atomic E-state index is 13.9. The Balaban J connectivity index is 1.88. The molecule has 16 heteroatoms. The Morgan fingerprint density at radius 2 is 1.52 bits per heavy atom. The monoisotopic (exact) mass is 747 g/mol. The molecule has 0 fully saturated rings. The van der Waals surface area contributed by atoms with Crippen molar-refractivity contribution in [3.8, 4) is 11.5 Å². The molecule has 0 saturated carbocycles. The predicted octanol–water partition coefficient (Wildman–Crippen LogP) is 4.49. The number of nitrogens with one attached hydrogen (secondary N) is 3. The lowest BCUT2D eigenvalue weighted by atomic mass is 9.84. The summed E-state index contributed by atoms with van der Waals surface area (Å²) in [5.74, 6) is -8.41. The normalized spacial score (nSPS) is 12.9. The molecule has 278 valence electrons. The van der Waals surface area contributed by atoms with Crippen LogP contribution in [0.5, 0.6) is 11.5 Å². The quantitative estimate of drug-likeness (QED) is 0.146. The first-order valence-electron chi connectivity index (χ1n) is 15.8. The molecule has 0 bridgehead atoms. The Labute approximate surface area is 302 Å². The van der Waals surface area contributed by atoms with Crippen molar-refractivity contribution in [1.29, 1.82) is 0 Å². The summed E-state index contributed by atoms with van der Waals surface area (Å²) < 4.78 is 50.8. The molecule has 0 saturated heterocycles. The van der Waals surface area contributed by atoms with E-state index in [0.717, 1.165) is 0 Å². The fourth-order valence-electron chi connectivity index (χ4n) is 4.99. The molecular weight excluding hydrogens is 711 g/mol. The van der Waals surface area contributed by atoms with Gasteiger partial charge in [-0.25, -0.2) is 0 Å². The fraction of sp³-hybridized carbons (Fsp3) is 0.333. The lowest BCUT2D eigenvalue weighted by Crippen LogP contribution is -2.50. The number of halogens is 4. The number of ketones is 2. The highest BCUT2D eigenvalue weighted by atomic mass is 35.5. The number of Topliss-reactive ketones (excluding diaryl/α,β-unsaturated/α-hetero) is 2. The van der Waals surface area contributed by atoms with Crippen LogP contribution in [-0.2, 0) is 30.4 Å². The van der Waals surface area contributed by atoms with Crippen molar-refractivity contribution >= 4 is 46.9 Å². The molecule has 0 spiro atoms. The van der Waals surface area contributed by atoms with Crippen LogP contribution in [-0.4, -0.2) is 72.8 Å². The average Bonchev–Trinajstić information content (AvgIpc) is 3.10. The van der Waals surface area contributed by atoms with Gasteiger partial charge in [-0.1, -0.05) is 49.7 Å². The summed E-state index contributed by atoms with van der Waals surface area (Å²) in [5.41, 5.74) is 0.793. The average molecular weight is 748 g/mol. The number of hydrogen-bond acceptors (Lipinski definition) is 8. The third kappa shape index (κ3) is 12.4. The largest absolute Gasteiger partial charge is 0.497 e. The molecule has 52 heavy (non-hydrogen) atoms. The zero-order valence-corrected chi connectivity index (χ0v) is 29.0.